The van der Waals surface area contributed by atoms with Crippen molar-refractivity contribution >= 4 is 16.9 Å². The van der Waals surface area contributed by atoms with Crippen molar-refractivity contribution in [1.82, 2.24) is 29.6 Å². The van der Waals surface area contributed by atoms with E-state index in [-0.39, 0.29) is 17.9 Å². The highest BCUT2D eigenvalue weighted by molar-refractivity contribution is 5.83. The van der Waals surface area contributed by atoms with Crippen LogP contribution >= 0.6 is 0 Å². The molecule has 3 aromatic heterocycles. The van der Waals surface area contributed by atoms with E-state index in [1.54, 1.807) is 18.7 Å². The third-order valence-corrected chi connectivity index (χ3v) is 5.70. The third kappa shape index (κ3) is 3.34. The van der Waals surface area contributed by atoms with Gasteiger partial charge in [0.25, 0.3) is 0 Å². The van der Waals surface area contributed by atoms with Gasteiger partial charge in [-0.05, 0) is 44.0 Å². The van der Waals surface area contributed by atoms with Gasteiger partial charge in [-0.15, -0.1) is 0 Å². The second-order valence-electron chi connectivity index (χ2n) is 7.64. The number of aromatic nitrogens is 5. The zero-order chi connectivity index (χ0) is 20.5. The summed E-state index contributed by atoms with van der Waals surface area (Å²) in [4.78, 5) is 28.2. The Balaban J connectivity index is 1.33. The molecule has 1 aliphatic rings. The van der Waals surface area contributed by atoms with E-state index in [1.165, 1.54) is 0 Å². The maximum atomic E-state index is 13.2. The van der Waals surface area contributed by atoms with Gasteiger partial charge in [0.2, 0.25) is 17.6 Å². The van der Waals surface area contributed by atoms with Crippen molar-refractivity contribution < 1.29 is 9.32 Å². The van der Waals surface area contributed by atoms with Gasteiger partial charge in [-0.1, -0.05) is 17.3 Å². The summed E-state index contributed by atoms with van der Waals surface area (Å²) in [5.74, 6) is 1.22. The molecule has 2 atom stereocenters. The van der Waals surface area contributed by atoms with E-state index in [0.717, 1.165) is 36.0 Å². The summed E-state index contributed by atoms with van der Waals surface area (Å²) in [6, 6.07) is 11.3. The molecule has 152 valence electrons. The largest absolute Gasteiger partial charge is 0.340 e. The first-order chi connectivity index (χ1) is 14.7. The number of carbonyl (C=O) groups is 1. The maximum absolute atomic E-state index is 13.2. The minimum atomic E-state index is -0.329. The summed E-state index contributed by atoms with van der Waals surface area (Å²) in [7, 11) is 0. The fourth-order valence-electron chi connectivity index (χ4n) is 4.06. The Morgan fingerprint density at radius 3 is 3.00 bits per heavy atom. The summed E-state index contributed by atoms with van der Waals surface area (Å²) in [5.41, 5.74) is 2.67. The Labute approximate surface area is 173 Å². The van der Waals surface area contributed by atoms with Crippen LogP contribution in [-0.2, 0) is 4.79 Å². The molecule has 8 heteroatoms. The summed E-state index contributed by atoms with van der Waals surface area (Å²) in [6.07, 6.45) is 6.98. The van der Waals surface area contributed by atoms with Crippen molar-refractivity contribution in [2.24, 2.45) is 0 Å². The Bertz CT molecular complexity index is 1170. The lowest BCUT2D eigenvalue weighted by molar-refractivity contribution is -0.135. The molecule has 1 aromatic carbocycles. The van der Waals surface area contributed by atoms with E-state index < -0.39 is 0 Å². The minimum absolute atomic E-state index is 0.0346. The Kier molecular flexibility index (Phi) is 4.74. The Morgan fingerprint density at radius 1 is 1.23 bits per heavy atom. The molecule has 0 N–H and O–H groups in total. The normalized spacial score (nSPS) is 17.9. The lowest BCUT2D eigenvalue weighted by atomic mass is 9.97. The van der Waals surface area contributed by atoms with Gasteiger partial charge >= 0.3 is 0 Å². The lowest BCUT2D eigenvalue weighted by Gasteiger charge is -2.33. The number of imidazole rings is 1. The molecule has 4 heterocycles. The van der Waals surface area contributed by atoms with Gasteiger partial charge in [-0.3, -0.25) is 9.78 Å². The van der Waals surface area contributed by atoms with Crippen molar-refractivity contribution in [3.05, 3.63) is 61.0 Å². The molecular weight excluding hydrogens is 380 g/mol. The Hall–Kier alpha value is -3.55. The number of para-hydroxylation sites is 2. The molecule has 8 nitrogen and oxygen atoms in total. The quantitative estimate of drug-likeness (QED) is 0.519. The molecule has 0 radical (unpaired) electrons. The molecule has 1 saturated heterocycles. The molecule has 4 aromatic rings. The van der Waals surface area contributed by atoms with E-state index in [1.807, 2.05) is 52.8 Å². The first kappa shape index (κ1) is 18.5. The van der Waals surface area contributed by atoms with Crippen LogP contribution in [-0.4, -0.2) is 48.6 Å². The molecule has 5 rings (SSSR count). The van der Waals surface area contributed by atoms with Crippen molar-refractivity contribution in [1.29, 1.82) is 0 Å². The molecule has 0 unspecified atom stereocenters. The van der Waals surface area contributed by atoms with E-state index >= 15 is 0 Å². The second kappa shape index (κ2) is 7.70. The second-order valence-corrected chi connectivity index (χ2v) is 7.64. The number of piperidine rings is 1. The molecule has 0 spiro atoms. The van der Waals surface area contributed by atoms with Crippen LogP contribution in [0.15, 0.2) is 59.6 Å². The highest BCUT2D eigenvalue weighted by Crippen LogP contribution is 2.29. The lowest BCUT2D eigenvalue weighted by Crippen LogP contribution is -2.42. The van der Waals surface area contributed by atoms with Gasteiger partial charge in [0, 0.05) is 31.0 Å². The van der Waals surface area contributed by atoms with Crippen LogP contribution in [0.1, 0.15) is 37.6 Å². The van der Waals surface area contributed by atoms with E-state index in [0.29, 0.717) is 18.3 Å². The number of benzene rings is 1. The molecule has 1 aliphatic heterocycles. The third-order valence-electron chi connectivity index (χ3n) is 5.70. The average molecular weight is 402 g/mol. The summed E-state index contributed by atoms with van der Waals surface area (Å²) in [5, 5.41) is 4.10. The minimum Gasteiger partial charge on any atom is -0.340 e. The van der Waals surface area contributed by atoms with E-state index in [2.05, 4.69) is 20.1 Å². The summed E-state index contributed by atoms with van der Waals surface area (Å²) in [6.45, 7) is 3.23. The predicted molar refractivity (Wildman–Crippen MR) is 111 cm³/mol. The van der Waals surface area contributed by atoms with Gasteiger partial charge in [0.15, 0.2) is 0 Å². The summed E-state index contributed by atoms with van der Waals surface area (Å²) < 4.78 is 7.47. The molecule has 0 aliphatic carbocycles. The van der Waals surface area contributed by atoms with Crippen LogP contribution in [0.4, 0.5) is 0 Å². The monoisotopic (exact) mass is 402 g/mol. The van der Waals surface area contributed by atoms with Crippen molar-refractivity contribution in [3.8, 4) is 11.4 Å². The topological polar surface area (TPSA) is 89.9 Å². The summed E-state index contributed by atoms with van der Waals surface area (Å²) >= 11 is 0. The van der Waals surface area contributed by atoms with Crippen LogP contribution in [0.5, 0.6) is 0 Å². The van der Waals surface area contributed by atoms with Crippen molar-refractivity contribution in [3.63, 3.8) is 0 Å². The number of hydrogen-bond donors (Lipinski definition) is 0. The zero-order valence-electron chi connectivity index (χ0n) is 16.7. The number of rotatable bonds is 4. The van der Waals surface area contributed by atoms with Crippen molar-refractivity contribution in [2.75, 3.05) is 13.1 Å². The van der Waals surface area contributed by atoms with Crippen molar-refractivity contribution in [2.45, 2.75) is 31.7 Å². The van der Waals surface area contributed by atoms with E-state index in [9.17, 15) is 4.79 Å². The van der Waals surface area contributed by atoms with Gasteiger partial charge < -0.3 is 14.0 Å². The van der Waals surface area contributed by atoms with Crippen LogP contribution in [0.25, 0.3) is 22.4 Å². The van der Waals surface area contributed by atoms with Gasteiger partial charge in [0.1, 0.15) is 6.04 Å². The Morgan fingerprint density at radius 2 is 2.13 bits per heavy atom. The number of pyridine rings is 1. The highest BCUT2D eigenvalue weighted by Gasteiger charge is 2.31. The molecule has 0 bridgehead atoms. The molecule has 1 fully saturated rings. The number of likely N-dealkylation sites (tertiary alicyclic amines) is 1. The number of amides is 1. The molecular formula is C22H22N6O2. The highest BCUT2D eigenvalue weighted by atomic mass is 16.5. The van der Waals surface area contributed by atoms with Gasteiger partial charge in [0.05, 0.1) is 23.3 Å². The van der Waals surface area contributed by atoms with Crippen LogP contribution in [0, 0.1) is 0 Å². The fraction of sp³-hybridized carbons (Fsp3) is 0.318. The molecule has 1 amide bonds. The van der Waals surface area contributed by atoms with Crippen LogP contribution in [0.2, 0.25) is 0 Å². The zero-order valence-corrected chi connectivity index (χ0v) is 16.7. The maximum Gasteiger partial charge on any atom is 0.245 e. The van der Waals surface area contributed by atoms with E-state index in [4.69, 9.17) is 4.52 Å². The predicted octanol–water partition coefficient (Wildman–Crippen LogP) is 3.45. The fourth-order valence-corrected chi connectivity index (χ4v) is 4.06. The molecule has 30 heavy (non-hydrogen) atoms. The first-order valence-corrected chi connectivity index (χ1v) is 10.1. The number of carbonyl (C=O) groups excluding carboxylic acids is 1. The first-order valence-electron chi connectivity index (χ1n) is 10.1. The number of hydrogen-bond acceptors (Lipinski definition) is 6. The van der Waals surface area contributed by atoms with Crippen LogP contribution in [0.3, 0.4) is 0 Å². The number of nitrogens with zero attached hydrogens (tertiary/aromatic N) is 6. The average Bonchev–Trinajstić information content (AvgIpc) is 3.46. The smallest absolute Gasteiger partial charge is 0.245 e. The molecule has 0 saturated carbocycles. The van der Waals surface area contributed by atoms with Gasteiger partial charge in [-0.2, -0.15) is 4.98 Å². The standard InChI is InChI=1S/C22H22N6O2/c1-15(28-14-24-18-8-2-3-9-19(18)28)22(29)27-11-5-7-17(13-27)21-25-20(26-30-21)16-6-4-10-23-12-16/h2-4,6,8-10,12,14-15,17H,5,7,11,13H2,1H3/t15-,17-/m0/s1. The SMILES string of the molecule is C[C@@H](C(=O)N1CCC[C@H](c2nc(-c3cccnc3)no2)C1)n1cnc2ccccc21. The van der Waals surface area contributed by atoms with Gasteiger partial charge in [-0.25, -0.2) is 4.98 Å². The number of fused-ring (bicyclic) bond motifs is 1. The van der Waals surface area contributed by atoms with Crippen LogP contribution < -0.4 is 0 Å².